The highest BCUT2D eigenvalue weighted by Crippen LogP contribution is 2.30. The van der Waals surface area contributed by atoms with Gasteiger partial charge in [0.05, 0.1) is 5.39 Å². The predicted octanol–water partition coefficient (Wildman–Crippen LogP) is 4.47. The number of piperidine rings is 1. The molecule has 1 saturated heterocycles. The summed E-state index contributed by atoms with van der Waals surface area (Å²) in [5.74, 6) is 0.761. The Morgan fingerprint density at radius 1 is 1.20 bits per heavy atom. The average molecular weight is 356 g/mol. The summed E-state index contributed by atoms with van der Waals surface area (Å²) in [6.07, 6.45) is 4.74. The van der Waals surface area contributed by atoms with Gasteiger partial charge in [-0.05, 0) is 49.6 Å². The number of hydrogen-bond acceptors (Lipinski definition) is 5. The largest absolute Gasteiger partial charge is 0.371 e. The van der Waals surface area contributed by atoms with Crippen LogP contribution in [0.3, 0.4) is 0 Å². The van der Waals surface area contributed by atoms with Crippen molar-refractivity contribution in [2.75, 3.05) is 23.3 Å². The molecule has 4 rings (SSSR count). The van der Waals surface area contributed by atoms with Crippen molar-refractivity contribution in [1.29, 1.82) is 0 Å². The minimum Gasteiger partial charge on any atom is -0.371 e. The Kier molecular flexibility index (Phi) is 4.53. The van der Waals surface area contributed by atoms with E-state index in [-0.39, 0.29) is 5.82 Å². The van der Waals surface area contributed by atoms with Gasteiger partial charge in [0.15, 0.2) is 0 Å². The van der Waals surface area contributed by atoms with Crippen molar-refractivity contribution in [3.63, 3.8) is 0 Å². The van der Waals surface area contributed by atoms with E-state index in [0.29, 0.717) is 6.04 Å². The topological polar surface area (TPSA) is 41.0 Å². The van der Waals surface area contributed by atoms with Crippen LogP contribution in [-0.2, 0) is 6.42 Å². The van der Waals surface area contributed by atoms with Gasteiger partial charge in [-0.3, -0.25) is 0 Å². The van der Waals surface area contributed by atoms with Gasteiger partial charge in [-0.15, -0.1) is 11.3 Å². The van der Waals surface area contributed by atoms with Crippen molar-refractivity contribution in [1.82, 2.24) is 9.97 Å². The highest BCUT2D eigenvalue weighted by atomic mass is 32.1. The minimum atomic E-state index is -0.185. The molecule has 0 saturated carbocycles. The van der Waals surface area contributed by atoms with E-state index in [9.17, 15) is 4.39 Å². The zero-order valence-electron chi connectivity index (χ0n) is 14.2. The molecule has 1 aliphatic rings. The van der Waals surface area contributed by atoms with Crippen molar-refractivity contribution in [3.8, 4) is 0 Å². The van der Waals surface area contributed by atoms with Gasteiger partial charge < -0.3 is 10.2 Å². The molecule has 0 atom stereocenters. The van der Waals surface area contributed by atoms with Crippen LogP contribution < -0.4 is 10.2 Å². The minimum absolute atomic E-state index is 0.185. The molecule has 0 aliphatic carbocycles. The molecular weight excluding hydrogens is 335 g/mol. The first-order valence-electron chi connectivity index (χ1n) is 8.73. The molecule has 130 valence electrons. The number of aryl methyl sites for hydroxylation is 1. The lowest BCUT2D eigenvalue weighted by Crippen LogP contribution is -2.39. The van der Waals surface area contributed by atoms with Gasteiger partial charge in [-0.2, -0.15) is 0 Å². The lowest BCUT2D eigenvalue weighted by atomic mass is 10.0. The van der Waals surface area contributed by atoms with Crippen LogP contribution in [-0.4, -0.2) is 29.1 Å². The van der Waals surface area contributed by atoms with Gasteiger partial charge >= 0.3 is 0 Å². The Bertz CT molecular complexity index is 853. The summed E-state index contributed by atoms with van der Waals surface area (Å²) >= 11 is 1.74. The Balaban J connectivity index is 1.43. The number of aromatic nitrogens is 2. The average Bonchev–Trinajstić information content (AvgIpc) is 3.08. The number of halogens is 1. The van der Waals surface area contributed by atoms with E-state index in [2.05, 4.69) is 33.2 Å². The maximum Gasteiger partial charge on any atom is 0.138 e. The number of anilines is 2. The van der Waals surface area contributed by atoms with Crippen LogP contribution in [0.15, 0.2) is 36.7 Å². The smallest absolute Gasteiger partial charge is 0.138 e. The van der Waals surface area contributed by atoms with Crippen LogP contribution in [0.2, 0.25) is 0 Å². The third kappa shape index (κ3) is 3.44. The summed E-state index contributed by atoms with van der Waals surface area (Å²) in [5.41, 5.74) is 1.09. The molecule has 1 aliphatic heterocycles. The fraction of sp³-hybridized carbons (Fsp3) is 0.368. The van der Waals surface area contributed by atoms with Crippen molar-refractivity contribution >= 4 is 33.1 Å². The Hall–Kier alpha value is -2.21. The Morgan fingerprint density at radius 3 is 2.68 bits per heavy atom. The molecule has 0 radical (unpaired) electrons. The lowest BCUT2D eigenvalue weighted by Gasteiger charge is -2.34. The van der Waals surface area contributed by atoms with Crippen LogP contribution in [0.1, 0.15) is 24.6 Å². The predicted molar refractivity (Wildman–Crippen MR) is 102 cm³/mol. The quantitative estimate of drug-likeness (QED) is 0.749. The zero-order valence-corrected chi connectivity index (χ0v) is 15.0. The van der Waals surface area contributed by atoms with Crippen molar-refractivity contribution in [2.45, 2.75) is 32.2 Å². The summed E-state index contributed by atoms with van der Waals surface area (Å²) in [6, 6.07) is 9.37. The van der Waals surface area contributed by atoms with Crippen molar-refractivity contribution < 1.29 is 4.39 Å². The molecule has 0 spiro atoms. The van der Waals surface area contributed by atoms with Crippen molar-refractivity contribution in [3.05, 3.63) is 47.4 Å². The molecule has 1 fully saturated rings. The molecule has 25 heavy (non-hydrogen) atoms. The van der Waals surface area contributed by atoms with Crippen molar-refractivity contribution in [2.24, 2.45) is 0 Å². The number of thiophene rings is 1. The molecule has 0 bridgehead atoms. The first-order chi connectivity index (χ1) is 12.2. The van der Waals surface area contributed by atoms with Gasteiger partial charge in [0.1, 0.15) is 22.8 Å². The molecule has 1 N–H and O–H groups in total. The van der Waals surface area contributed by atoms with E-state index < -0.39 is 0 Å². The van der Waals surface area contributed by atoms with E-state index in [1.165, 1.54) is 17.0 Å². The monoisotopic (exact) mass is 356 g/mol. The second-order valence-electron chi connectivity index (χ2n) is 6.39. The lowest BCUT2D eigenvalue weighted by molar-refractivity contribution is 0.525. The van der Waals surface area contributed by atoms with E-state index in [4.69, 9.17) is 0 Å². The number of rotatable bonds is 4. The number of hydrogen-bond donors (Lipinski definition) is 1. The molecule has 4 nitrogen and oxygen atoms in total. The molecule has 1 aromatic carbocycles. The zero-order chi connectivity index (χ0) is 17.2. The maximum atomic E-state index is 13.1. The van der Waals surface area contributed by atoms with Gasteiger partial charge in [0.2, 0.25) is 0 Å². The third-order valence-corrected chi connectivity index (χ3v) is 5.94. The number of nitrogens with one attached hydrogen (secondary N) is 1. The molecule has 0 amide bonds. The fourth-order valence-corrected chi connectivity index (χ4v) is 4.26. The second-order valence-corrected chi connectivity index (χ2v) is 7.50. The van der Waals surface area contributed by atoms with Crippen LogP contribution in [0, 0.1) is 5.82 Å². The number of benzene rings is 1. The molecule has 3 aromatic rings. The van der Waals surface area contributed by atoms with E-state index in [0.717, 1.165) is 54.1 Å². The van der Waals surface area contributed by atoms with Crippen LogP contribution >= 0.6 is 11.3 Å². The second kappa shape index (κ2) is 6.96. The van der Waals surface area contributed by atoms with E-state index in [1.807, 2.05) is 12.1 Å². The number of nitrogens with zero attached hydrogens (tertiary/aromatic N) is 3. The number of fused-ring (bicyclic) bond motifs is 1. The molecule has 3 heterocycles. The Labute approximate surface area is 150 Å². The van der Waals surface area contributed by atoms with E-state index in [1.54, 1.807) is 17.7 Å². The standard InChI is InChI=1S/C19H21FN4S/c1-2-16-11-17-18(21-12-22-19(17)25-16)23-14-7-9-24(10-8-14)15-5-3-13(20)4-6-15/h3-6,11-12,14H,2,7-10H2,1H3,(H,21,22,23). The summed E-state index contributed by atoms with van der Waals surface area (Å²) in [6.45, 7) is 4.08. The Morgan fingerprint density at radius 2 is 1.96 bits per heavy atom. The van der Waals surface area contributed by atoms with Crippen LogP contribution in [0.25, 0.3) is 10.2 Å². The SMILES string of the molecule is CCc1cc2c(NC3CCN(c4ccc(F)cc4)CC3)ncnc2s1. The van der Waals surface area contributed by atoms with Gasteiger partial charge in [0.25, 0.3) is 0 Å². The normalized spacial score (nSPS) is 15.7. The first-order valence-corrected chi connectivity index (χ1v) is 9.55. The van der Waals surface area contributed by atoms with E-state index >= 15 is 0 Å². The molecule has 0 unspecified atom stereocenters. The molecule has 6 heteroatoms. The molecular formula is C19H21FN4S. The van der Waals surface area contributed by atoms with Gasteiger partial charge in [0, 0.05) is 29.7 Å². The summed E-state index contributed by atoms with van der Waals surface area (Å²) < 4.78 is 13.1. The van der Waals surface area contributed by atoms with Crippen LogP contribution in [0.5, 0.6) is 0 Å². The summed E-state index contributed by atoms with van der Waals surface area (Å²) in [5, 5.41) is 4.74. The highest BCUT2D eigenvalue weighted by Gasteiger charge is 2.20. The molecule has 2 aromatic heterocycles. The first kappa shape index (κ1) is 16.3. The van der Waals surface area contributed by atoms with Crippen LogP contribution in [0.4, 0.5) is 15.9 Å². The third-order valence-electron chi connectivity index (χ3n) is 4.76. The highest BCUT2D eigenvalue weighted by molar-refractivity contribution is 7.18. The van der Waals surface area contributed by atoms with Gasteiger partial charge in [-0.25, -0.2) is 14.4 Å². The van der Waals surface area contributed by atoms with Gasteiger partial charge in [-0.1, -0.05) is 6.92 Å². The fourth-order valence-electron chi connectivity index (χ4n) is 3.32. The summed E-state index contributed by atoms with van der Waals surface area (Å²) in [7, 11) is 0. The maximum absolute atomic E-state index is 13.1. The summed E-state index contributed by atoms with van der Waals surface area (Å²) in [4.78, 5) is 13.6.